The molecule has 0 spiro atoms. The zero-order valence-corrected chi connectivity index (χ0v) is 11.1. The third-order valence-electron chi connectivity index (χ3n) is 2.40. The van der Waals surface area contributed by atoms with Crippen LogP contribution in [0.15, 0.2) is 23.1 Å². The van der Waals surface area contributed by atoms with E-state index in [0.29, 0.717) is 12.0 Å². The molecule has 2 N–H and O–H groups in total. The minimum atomic E-state index is -3.85. The minimum absolute atomic E-state index is 0.144. The number of hydrogen-bond acceptors (Lipinski definition) is 2. The van der Waals surface area contributed by atoms with Crippen molar-refractivity contribution in [2.75, 3.05) is 0 Å². The minimum Gasteiger partial charge on any atom is -0.225 e. The number of hydrogen-bond donors (Lipinski definition) is 1. The second-order valence-corrected chi connectivity index (χ2v) is 6.07. The number of alkyl halides is 1. The molecule has 0 amide bonds. The van der Waals surface area contributed by atoms with Gasteiger partial charge in [-0.1, -0.05) is 19.4 Å². The van der Waals surface area contributed by atoms with Gasteiger partial charge in [0.1, 0.15) is 5.82 Å². The van der Waals surface area contributed by atoms with Gasteiger partial charge in [0.25, 0.3) is 0 Å². The Bertz CT molecular complexity index is 490. The highest BCUT2D eigenvalue weighted by Gasteiger charge is 2.13. The first-order chi connectivity index (χ1) is 7.84. The topological polar surface area (TPSA) is 60.2 Å². The molecule has 0 aliphatic rings. The van der Waals surface area contributed by atoms with Crippen molar-refractivity contribution < 1.29 is 12.8 Å². The molecule has 0 bridgehead atoms. The number of sulfonamides is 1. The van der Waals surface area contributed by atoms with Crippen molar-refractivity contribution in [2.45, 2.75) is 36.5 Å². The van der Waals surface area contributed by atoms with Gasteiger partial charge in [0.05, 0.1) is 4.90 Å². The summed E-state index contributed by atoms with van der Waals surface area (Å²) >= 11 is 6.01. The number of nitrogens with two attached hydrogens (primary N) is 1. The Morgan fingerprint density at radius 1 is 1.47 bits per heavy atom. The number of primary sulfonamides is 1. The van der Waals surface area contributed by atoms with Crippen LogP contribution in [0.5, 0.6) is 0 Å². The Hall–Kier alpha value is -0.650. The quantitative estimate of drug-likeness (QED) is 0.842. The van der Waals surface area contributed by atoms with E-state index in [1.807, 2.05) is 6.92 Å². The summed E-state index contributed by atoms with van der Waals surface area (Å²) in [5.41, 5.74) is 0.408. The molecule has 96 valence electrons. The maximum absolute atomic E-state index is 13.6. The Morgan fingerprint density at radius 2 is 2.12 bits per heavy atom. The summed E-state index contributed by atoms with van der Waals surface area (Å²) in [6.07, 6.45) is 2.09. The number of benzene rings is 1. The Morgan fingerprint density at radius 3 is 2.59 bits per heavy atom. The Balaban J connectivity index is 2.91. The molecule has 0 aromatic heterocycles. The molecule has 1 atom stereocenters. The lowest BCUT2D eigenvalue weighted by atomic mass is 10.1. The molecule has 0 radical (unpaired) electrons. The van der Waals surface area contributed by atoms with Crippen LogP contribution in [0.25, 0.3) is 0 Å². The van der Waals surface area contributed by atoms with E-state index in [2.05, 4.69) is 0 Å². The lowest BCUT2D eigenvalue weighted by Crippen LogP contribution is -2.13. The van der Waals surface area contributed by atoms with Crippen molar-refractivity contribution >= 4 is 21.6 Å². The monoisotopic (exact) mass is 279 g/mol. The molecule has 1 rings (SSSR count). The van der Waals surface area contributed by atoms with Crippen molar-refractivity contribution in [1.82, 2.24) is 0 Å². The molecule has 1 unspecified atom stereocenters. The van der Waals surface area contributed by atoms with Crippen molar-refractivity contribution in [3.63, 3.8) is 0 Å². The summed E-state index contributed by atoms with van der Waals surface area (Å²) in [5, 5.41) is 4.76. The zero-order chi connectivity index (χ0) is 13.1. The highest BCUT2D eigenvalue weighted by molar-refractivity contribution is 7.89. The van der Waals surface area contributed by atoms with Gasteiger partial charge in [-0.15, -0.1) is 11.6 Å². The maximum Gasteiger partial charge on any atom is 0.238 e. The molecule has 1 aromatic carbocycles. The molecule has 0 fully saturated rings. The Kier molecular flexibility index (Phi) is 4.91. The second kappa shape index (κ2) is 5.80. The van der Waals surface area contributed by atoms with Crippen LogP contribution in [-0.2, 0) is 16.4 Å². The fourth-order valence-corrected chi connectivity index (χ4v) is 2.43. The van der Waals surface area contributed by atoms with Crippen LogP contribution in [0.1, 0.15) is 25.3 Å². The molecule has 0 saturated carbocycles. The van der Waals surface area contributed by atoms with Gasteiger partial charge >= 0.3 is 0 Å². The van der Waals surface area contributed by atoms with E-state index in [1.54, 1.807) is 0 Å². The fourth-order valence-electron chi connectivity index (χ4n) is 1.52. The van der Waals surface area contributed by atoms with Gasteiger partial charge in [0.2, 0.25) is 10.0 Å². The predicted molar refractivity (Wildman–Crippen MR) is 66.0 cm³/mol. The zero-order valence-electron chi connectivity index (χ0n) is 9.49. The van der Waals surface area contributed by atoms with Crippen LogP contribution in [0.3, 0.4) is 0 Å². The molecule has 0 heterocycles. The molecule has 17 heavy (non-hydrogen) atoms. The summed E-state index contributed by atoms with van der Waals surface area (Å²) in [5.74, 6) is -0.585. The molecule has 1 aromatic rings. The first-order valence-electron chi connectivity index (χ1n) is 5.30. The smallest absolute Gasteiger partial charge is 0.225 e. The first kappa shape index (κ1) is 14.4. The van der Waals surface area contributed by atoms with E-state index >= 15 is 0 Å². The van der Waals surface area contributed by atoms with Crippen molar-refractivity contribution in [3.05, 3.63) is 29.6 Å². The molecule has 0 aliphatic heterocycles. The average Bonchev–Trinajstić information content (AvgIpc) is 2.20. The van der Waals surface area contributed by atoms with Crippen LogP contribution in [-0.4, -0.2) is 13.8 Å². The molecule has 3 nitrogen and oxygen atoms in total. The largest absolute Gasteiger partial charge is 0.238 e. The molecule has 0 aliphatic carbocycles. The van der Waals surface area contributed by atoms with Gasteiger partial charge in [-0.05, 0) is 30.5 Å². The van der Waals surface area contributed by atoms with E-state index < -0.39 is 15.8 Å². The molecular formula is C11H15ClFNO2S. The summed E-state index contributed by atoms with van der Waals surface area (Å²) in [4.78, 5) is -0.222. The van der Waals surface area contributed by atoms with Gasteiger partial charge in [0, 0.05) is 5.38 Å². The third kappa shape index (κ3) is 4.26. The van der Waals surface area contributed by atoms with Crippen LogP contribution >= 0.6 is 11.6 Å². The number of rotatable bonds is 5. The van der Waals surface area contributed by atoms with Gasteiger partial charge in [-0.25, -0.2) is 17.9 Å². The van der Waals surface area contributed by atoms with Gasteiger partial charge in [-0.2, -0.15) is 0 Å². The summed E-state index contributed by atoms with van der Waals surface area (Å²) in [6.45, 7) is 2.00. The van der Waals surface area contributed by atoms with E-state index in [9.17, 15) is 12.8 Å². The first-order valence-corrected chi connectivity index (χ1v) is 7.28. The molecular weight excluding hydrogens is 265 g/mol. The van der Waals surface area contributed by atoms with Gasteiger partial charge in [-0.3, -0.25) is 0 Å². The third-order valence-corrected chi connectivity index (χ3v) is 3.68. The van der Waals surface area contributed by atoms with Crippen LogP contribution < -0.4 is 5.14 Å². The summed E-state index contributed by atoms with van der Waals surface area (Å²) in [6, 6.07) is 3.64. The summed E-state index contributed by atoms with van der Waals surface area (Å²) < 4.78 is 35.6. The summed E-state index contributed by atoms with van der Waals surface area (Å²) in [7, 11) is -3.85. The van der Waals surface area contributed by atoms with Crippen molar-refractivity contribution in [1.29, 1.82) is 0 Å². The lowest BCUT2D eigenvalue weighted by Gasteiger charge is -2.09. The molecule has 6 heteroatoms. The average molecular weight is 280 g/mol. The standard InChI is InChI=1S/C11H15ClFNO2S/c1-2-3-9(12)6-8-4-5-10(7-11(8)13)17(14,15)16/h4-5,7,9H,2-3,6H2,1H3,(H2,14,15,16). The second-order valence-electron chi connectivity index (χ2n) is 3.89. The van der Waals surface area contributed by atoms with Crippen LogP contribution in [0.4, 0.5) is 4.39 Å². The number of halogens is 2. The maximum atomic E-state index is 13.6. The van der Waals surface area contributed by atoms with E-state index in [-0.39, 0.29) is 10.3 Å². The fraction of sp³-hybridized carbons (Fsp3) is 0.455. The van der Waals surface area contributed by atoms with E-state index in [4.69, 9.17) is 16.7 Å². The van der Waals surface area contributed by atoms with Gasteiger partial charge in [0.15, 0.2) is 0 Å². The van der Waals surface area contributed by atoms with Crippen LogP contribution in [0, 0.1) is 5.82 Å². The lowest BCUT2D eigenvalue weighted by molar-refractivity contribution is 0.584. The molecule has 0 saturated heterocycles. The normalized spacial score (nSPS) is 13.6. The highest BCUT2D eigenvalue weighted by Crippen LogP contribution is 2.18. The Labute approximate surface area is 106 Å². The predicted octanol–water partition coefficient (Wildman–Crippen LogP) is 2.42. The van der Waals surface area contributed by atoms with E-state index in [0.717, 1.165) is 18.9 Å². The SMILES string of the molecule is CCCC(Cl)Cc1ccc(S(N)(=O)=O)cc1F. The van der Waals surface area contributed by atoms with Crippen LogP contribution in [0.2, 0.25) is 0 Å². The van der Waals surface area contributed by atoms with Gasteiger partial charge < -0.3 is 0 Å². The van der Waals surface area contributed by atoms with E-state index in [1.165, 1.54) is 12.1 Å². The highest BCUT2D eigenvalue weighted by atomic mass is 35.5. The van der Waals surface area contributed by atoms with Crippen molar-refractivity contribution in [3.8, 4) is 0 Å². The van der Waals surface area contributed by atoms with Crippen molar-refractivity contribution in [2.24, 2.45) is 5.14 Å².